The molecule has 2 aromatic heterocycles. The lowest BCUT2D eigenvalue weighted by Gasteiger charge is -2.07. The van der Waals surface area contributed by atoms with Crippen molar-refractivity contribution in [3.8, 4) is 5.69 Å². The molecule has 1 N–H and O–H groups in total. The topological polar surface area (TPSA) is 99.2 Å². The first-order valence-corrected chi connectivity index (χ1v) is 7.96. The van der Waals surface area contributed by atoms with Crippen LogP contribution in [0.4, 0.5) is 5.82 Å². The number of aromatic nitrogens is 3. The number of benzene rings is 1. The van der Waals surface area contributed by atoms with Crippen molar-refractivity contribution < 1.29 is 18.8 Å². The first kappa shape index (κ1) is 17.4. The van der Waals surface area contributed by atoms with Gasteiger partial charge in [-0.05, 0) is 51.1 Å². The highest BCUT2D eigenvalue weighted by molar-refractivity contribution is 5.95. The Kier molecular flexibility index (Phi) is 4.83. The summed E-state index contributed by atoms with van der Waals surface area (Å²) >= 11 is 0. The highest BCUT2D eigenvalue weighted by Crippen LogP contribution is 2.14. The van der Waals surface area contributed by atoms with Crippen molar-refractivity contribution in [1.29, 1.82) is 0 Å². The molecule has 3 rings (SSSR count). The molecule has 1 aromatic carbocycles. The molecular weight excluding hydrogens is 336 g/mol. The number of hydrogen-bond acceptors (Lipinski definition) is 6. The number of carbonyl (C=O) groups excluding carboxylic acids is 2. The van der Waals surface area contributed by atoms with Crippen LogP contribution in [0.15, 0.2) is 40.9 Å². The Morgan fingerprint density at radius 2 is 1.88 bits per heavy atom. The minimum atomic E-state index is -0.587. The van der Waals surface area contributed by atoms with Crippen LogP contribution in [-0.2, 0) is 9.53 Å². The Morgan fingerprint density at radius 1 is 1.15 bits per heavy atom. The number of esters is 1. The molecule has 0 saturated carbocycles. The summed E-state index contributed by atoms with van der Waals surface area (Å²) in [7, 11) is 0. The van der Waals surface area contributed by atoms with E-state index in [0.717, 1.165) is 17.1 Å². The van der Waals surface area contributed by atoms with E-state index in [1.807, 2.05) is 19.9 Å². The molecule has 0 spiro atoms. The molecule has 0 fully saturated rings. The molecule has 8 nitrogen and oxygen atoms in total. The van der Waals surface area contributed by atoms with Gasteiger partial charge in [0, 0.05) is 11.8 Å². The molecular formula is C18H18N4O4. The standard InChI is InChI=1S/C18H18N4O4/c1-11-8-12(2)22(20-11)15-6-4-14(5-7-15)18(24)25-10-17(23)19-16-9-13(3)26-21-16/h4-9H,10H2,1-3H3,(H,19,21,23). The minimum Gasteiger partial charge on any atom is -0.452 e. The van der Waals surface area contributed by atoms with Crippen LogP contribution in [-0.4, -0.2) is 33.4 Å². The quantitative estimate of drug-likeness (QED) is 0.707. The van der Waals surface area contributed by atoms with Gasteiger partial charge in [0.15, 0.2) is 12.4 Å². The summed E-state index contributed by atoms with van der Waals surface area (Å²) in [5.74, 6) is -0.236. The zero-order chi connectivity index (χ0) is 18.7. The SMILES string of the molecule is Cc1cc(C)n(-c2ccc(C(=O)OCC(=O)Nc3cc(C)on3)cc2)n1. The van der Waals surface area contributed by atoms with E-state index >= 15 is 0 Å². The maximum Gasteiger partial charge on any atom is 0.338 e. The van der Waals surface area contributed by atoms with Gasteiger partial charge in [0.2, 0.25) is 0 Å². The molecule has 0 unspecified atom stereocenters. The van der Waals surface area contributed by atoms with E-state index in [4.69, 9.17) is 9.26 Å². The van der Waals surface area contributed by atoms with E-state index < -0.39 is 18.5 Å². The van der Waals surface area contributed by atoms with Crippen LogP contribution in [0.3, 0.4) is 0 Å². The number of nitrogens with one attached hydrogen (secondary N) is 1. The van der Waals surface area contributed by atoms with Gasteiger partial charge in [-0.25, -0.2) is 9.48 Å². The molecule has 0 radical (unpaired) electrons. The number of amides is 1. The van der Waals surface area contributed by atoms with Crippen LogP contribution in [0.2, 0.25) is 0 Å². The number of hydrogen-bond donors (Lipinski definition) is 1. The first-order chi connectivity index (χ1) is 12.4. The highest BCUT2D eigenvalue weighted by Gasteiger charge is 2.12. The van der Waals surface area contributed by atoms with Gasteiger partial charge in [-0.15, -0.1) is 0 Å². The molecule has 0 aliphatic rings. The van der Waals surface area contributed by atoms with Crippen LogP contribution in [0.1, 0.15) is 27.5 Å². The normalized spacial score (nSPS) is 10.6. The molecule has 134 valence electrons. The fourth-order valence-electron chi connectivity index (χ4n) is 2.45. The Bertz CT molecular complexity index is 941. The van der Waals surface area contributed by atoms with E-state index in [1.165, 1.54) is 0 Å². The number of carbonyl (C=O) groups is 2. The highest BCUT2D eigenvalue weighted by atomic mass is 16.5. The summed E-state index contributed by atoms with van der Waals surface area (Å²) in [5, 5.41) is 10.5. The number of rotatable bonds is 5. The molecule has 3 aromatic rings. The average molecular weight is 354 g/mol. The second-order valence-corrected chi connectivity index (χ2v) is 5.83. The minimum absolute atomic E-state index is 0.276. The third kappa shape index (κ3) is 3.97. The van der Waals surface area contributed by atoms with Crippen molar-refractivity contribution in [1.82, 2.24) is 14.9 Å². The van der Waals surface area contributed by atoms with Gasteiger partial charge in [-0.1, -0.05) is 5.16 Å². The molecule has 8 heteroatoms. The Labute approximate surface area is 149 Å². The average Bonchev–Trinajstić information content (AvgIpc) is 3.17. The number of ether oxygens (including phenoxy) is 1. The van der Waals surface area contributed by atoms with Crippen LogP contribution in [0, 0.1) is 20.8 Å². The molecule has 1 amide bonds. The van der Waals surface area contributed by atoms with Gasteiger partial charge < -0.3 is 14.6 Å². The maximum absolute atomic E-state index is 12.1. The monoisotopic (exact) mass is 354 g/mol. The third-order valence-corrected chi connectivity index (χ3v) is 3.59. The van der Waals surface area contributed by atoms with Crippen molar-refractivity contribution in [2.45, 2.75) is 20.8 Å². The van der Waals surface area contributed by atoms with Gasteiger partial charge in [0.25, 0.3) is 5.91 Å². The fourth-order valence-corrected chi connectivity index (χ4v) is 2.45. The second kappa shape index (κ2) is 7.22. The molecule has 0 aliphatic heterocycles. The Balaban J connectivity index is 1.58. The van der Waals surface area contributed by atoms with Gasteiger partial charge >= 0.3 is 5.97 Å². The predicted octanol–water partition coefficient (Wildman–Crippen LogP) is 2.58. The van der Waals surface area contributed by atoms with Crippen LogP contribution in [0.5, 0.6) is 0 Å². The fraction of sp³-hybridized carbons (Fsp3) is 0.222. The largest absolute Gasteiger partial charge is 0.452 e. The number of anilines is 1. The van der Waals surface area contributed by atoms with Crippen LogP contribution >= 0.6 is 0 Å². The van der Waals surface area contributed by atoms with Crippen molar-refractivity contribution in [2.24, 2.45) is 0 Å². The van der Waals surface area contributed by atoms with E-state index in [9.17, 15) is 9.59 Å². The lowest BCUT2D eigenvalue weighted by molar-refractivity contribution is -0.119. The van der Waals surface area contributed by atoms with E-state index in [2.05, 4.69) is 15.6 Å². The lowest BCUT2D eigenvalue weighted by atomic mass is 10.2. The van der Waals surface area contributed by atoms with Gasteiger partial charge in [-0.3, -0.25) is 4.79 Å². The zero-order valence-corrected chi connectivity index (χ0v) is 14.6. The van der Waals surface area contributed by atoms with Crippen molar-refractivity contribution in [2.75, 3.05) is 11.9 Å². The van der Waals surface area contributed by atoms with E-state index in [1.54, 1.807) is 41.9 Å². The van der Waals surface area contributed by atoms with Crippen LogP contribution in [0.25, 0.3) is 5.69 Å². The summed E-state index contributed by atoms with van der Waals surface area (Å²) in [5.41, 5.74) is 3.10. The first-order valence-electron chi connectivity index (χ1n) is 7.96. The van der Waals surface area contributed by atoms with E-state index in [0.29, 0.717) is 11.3 Å². The summed E-state index contributed by atoms with van der Waals surface area (Å²) in [4.78, 5) is 23.8. The molecule has 0 atom stereocenters. The predicted molar refractivity (Wildman–Crippen MR) is 93.2 cm³/mol. The summed E-state index contributed by atoms with van der Waals surface area (Å²) in [6, 6.07) is 10.3. The summed E-state index contributed by atoms with van der Waals surface area (Å²) in [6.07, 6.45) is 0. The van der Waals surface area contributed by atoms with Gasteiger partial charge in [0.1, 0.15) is 5.76 Å². The Hall–Kier alpha value is -3.42. The van der Waals surface area contributed by atoms with Crippen LogP contribution < -0.4 is 5.32 Å². The zero-order valence-electron chi connectivity index (χ0n) is 14.6. The number of nitrogens with zero attached hydrogens (tertiary/aromatic N) is 3. The summed E-state index contributed by atoms with van der Waals surface area (Å²) < 4.78 is 11.6. The van der Waals surface area contributed by atoms with Crippen molar-refractivity contribution in [3.63, 3.8) is 0 Å². The molecule has 2 heterocycles. The van der Waals surface area contributed by atoms with Crippen molar-refractivity contribution >= 4 is 17.7 Å². The summed E-state index contributed by atoms with van der Waals surface area (Å²) in [6.45, 7) is 5.17. The molecule has 0 aliphatic carbocycles. The number of aryl methyl sites for hydroxylation is 3. The third-order valence-electron chi connectivity index (χ3n) is 3.59. The van der Waals surface area contributed by atoms with Crippen molar-refractivity contribution in [3.05, 3.63) is 59.1 Å². The maximum atomic E-state index is 12.1. The smallest absolute Gasteiger partial charge is 0.338 e. The molecule has 0 saturated heterocycles. The lowest BCUT2D eigenvalue weighted by Crippen LogP contribution is -2.21. The Morgan fingerprint density at radius 3 is 2.46 bits per heavy atom. The van der Waals surface area contributed by atoms with Gasteiger partial charge in [-0.2, -0.15) is 5.10 Å². The molecule has 26 heavy (non-hydrogen) atoms. The molecule has 0 bridgehead atoms. The second-order valence-electron chi connectivity index (χ2n) is 5.83. The van der Waals surface area contributed by atoms with E-state index in [-0.39, 0.29) is 5.82 Å². The van der Waals surface area contributed by atoms with Gasteiger partial charge in [0.05, 0.1) is 16.9 Å².